The third kappa shape index (κ3) is 3.78. The summed E-state index contributed by atoms with van der Waals surface area (Å²) >= 11 is 0. The molecule has 1 aliphatic rings. The van der Waals surface area contributed by atoms with Crippen molar-refractivity contribution in [2.45, 2.75) is 32.1 Å². The molecule has 1 aromatic rings. The van der Waals surface area contributed by atoms with E-state index in [4.69, 9.17) is 5.11 Å². The van der Waals surface area contributed by atoms with Gasteiger partial charge in [-0.15, -0.1) is 0 Å². The fraction of sp³-hybridized carbons (Fsp3) is 0.533. The quantitative estimate of drug-likeness (QED) is 0.593. The summed E-state index contributed by atoms with van der Waals surface area (Å²) in [6.45, 7) is 2.43. The number of hydrogen-bond acceptors (Lipinski definition) is 4. The molecule has 114 valence electrons. The van der Waals surface area contributed by atoms with E-state index in [1.807, 2.05) is 0 Å². The minimum Gasteiger partial charge on any atom is -0.396 e. The number of aliphatic hydroxyl groups excluding tert-OH is 1. The molecular weight excluding hydrogens is 272 g/mol. The van der Waals surface area contributed by atoms with Crippen LogP contribution in [0.2, 0.25) is 0 Å². The summed E-state index contributed by atoms with van der Waals surface area (Å²) < 4.78 is 0. The van der Waals surface area contributed by atoms with Crippen LogP contribution in [0.3, 0.4) is 0 Å². The molecule has 1 atom stereocenters. The highest BCUT2D eigenvalue weighted by molar-refractivity contribution is 5.83. The Bertz CT molecular complexity index is 540. The van der Waals surface area contributed by atoms with E-state index in [0.29, 0.717) is 18.5 Å². The van der Waals surface area contributed by atoms with Gasteiger partial charge in [-0.2, -0.15) is 0 Å². The van der Waals surface area contributed by atoms with Crippen LogP contribution in [-0.4, -0.2) is 29.1 Å². The lowest BCUT2D eigenvalue weighted by Gasteiger charge is -2.17. The van der Waals surface area contributed by atoms with Crippen molar-refractivity contribution >= 4 is 11.6 Å². The van der Waals surface area contributed by atoms with Crippen molar-refractivity contribution in [2.75, 3.05) is 13.2 Å². The molecule has 0 aliphatic heterocycles. The third-order valence-electron chi connectivity index (χ3n) is 4.21. The number of carbonyl (C=O) groups excluding carboxylic acids is 1. The zero-order valence-corrected chi connectivity index (χ0v) is 12.0. The van der Waals surface area contributed by atoms with Gasteiger partial charge in [0.05, 0.1) is 10.8 Å². The molecule has 2 rings (SSSR count). The molecule has 1 fully saturated rings. The van der Waals surface area contributed by atoms with Crippen molar-refractivity contribution in [2.24, 2.45) is 5.41 Å². The second-order valence-electron chi connectivity index (χ2n) is 5.77. The number of nitrogens with zero attached hydrogens (tertiary/aromatic N) is 1. The largest absolute Gasteiger partial charge is 0.396 e. The molecule has 1 aliphatic carbocycles. The van der Waals surface area contributed by atoms with Crippen LogP contribution in [0.15, 0.2) is 24.3 Å². The van der Waals surface area contributed by atoms with Crippen molar-refractivity contribution in [3.8, 4) is 0 Å². The van der Waals surface area contributed by atoms with Gasteiger partial charge in [0.25, 0.3) is 5.69 Å². The van der Waals surface area contributed by atoms with Crippen LogP contribution in [0.25, 0.3) is 0 Å². The van der Waals surface area contributed by atoms with E-state index in [1.54, 1.807) is 19.1 Å². The van der Waals surface area contributed by atoms with E-state index in [2.05, 4.69) is 5.32 Å². The molecule has 0 aromatic heterocycles. The Hall–Kier alpha value is -1.95. The molecule has 0 radical (unpaired) electrons. The highest BCUT2D eigenvalue weighted by atomic mass is 16.6. The van der Waals surface area contributed by atoms with Gasteiger partial charge in [0.15, 0.2) is 0 Å². The Morgan fingerprint density at radius 1 is 1.52 bits per heavy atom. The number of aliphatic hydroxyl groups is 1. The van der Waals surface area contributed by atoms with Crippen LogP contribution < -0.4 is 5.32 Å². The maximum atomic E-state index is 12.2. The monoisotopic (exact) mass is 292 g/mol. The molecule has 1 amide bonds. The van der Waals surface area contributed by atoms with E-state index < -0.39 is 10.8 Å². The number of benzene rings is 1. The Kier molecular flexibility index (Phi) is 4.57. The van der Waals surface area contributed by atoms with E-state index in [1.165, 1.54) is 12.1 Å². The number of nitro benzene ring substituents is 1. The van der Waals surface area contributed by atoms with Gasteiger partial charge in [-0.25, -0.2) is 0 Å². The number of non-ortho nitro benzene ring substituents is 1. The summed E-state index contributed by atoms with van der Waals surface area (Å²) in [5, 5.41) is 22.7. The zero-order valence-electron chi connectivity index (χ0n) is 12.0. The maximum absolute atomic E-state index is 12.2. The predicted octanol–water partition coefficient (Wildman–Crippen LogP) is 1.98. The Balaban J connectivity index is 1.96. The van der Waals surface area contributed by atoms with Crippen LogP contribution in [0.5, 0.6) is 0 Å². The third-order valence-corrected chi connectivity index (χ3v) is 4.21. The lowest BCUT2D eigenvalue weighted by atomic mass is 9.98. The number of rotatable bonds is 7. The minimum absolute atomic E-state index is 0.00825. The predicted molar refractivity (Wildman–Crippen MR) is 77.9 cm³/mol. The molecule has 1 saturated carbocycles. The van der Waals surface area contributed by atoms with Crippen LogP contribution in [0.1, 0.15) is 37.7 Å². The van der Waals surface area contributed by atoms with Crippen molar-refractivity contribution < 1.29 is 14.8 Å². The van der Waals surface area contributed by atoms with Gasteiger partial charge in [-0.1, -0.05) is 12.1 Å². The number of hydrogen-bond donors (Lipinski definition) is 2. The molecule has 0 saturated heterocycles. The fourth-order valence-electron chi connectivity index (χ4n) is 2.42. The SMILES string of the molecule is CC(C(=O)NCC1(CCO)CC1)c1cccc([N+](=O)[O-])c1. The van der Waals surface area contributed by atoms with Crippen LogP contribution >= 0.6 is 0 Å². The molecule has 6 nitrogen and oxygen atoms in total. The minimum atomic E-state index is -0.464. The van der Waals surface area contributed by atoms with Gasteiger partial charge in [0, 0.05) is 25.3 Å². The van der Waals surface area contributed by atoms with Gasteiger partial charge in [0.1, 0.15) is 0 Å². The molecule has 0 spiro atoms. The molecule has 0 bridgehead atoms. The number of carbonyl (C=O) groups is 1. The average Bonchev–Trinajstić information content (AvgIpc) is 3.24. The van der Waals surface area contributed by atoms with Crippen molar-refractivity contribution in [1.29, 1.82) is 0 Å². The highest BCUT2D eigenvalue weighted by Gasteiger charge is 2.42. The van der Waals surface area contributed by atoms with Gasteiger partial charge >= 0.3 is 0 Å². The standard InChI is InChI=1S/C15H20N2O4/c1-11(12-3-2-4-13(9-12)17(20)21)14(19)16-10-15(5-6-15)7-8-18/h2-4,9,11,18H,5-8,10H2,1H3,(H,16,19). The Morgan fingerprint density at radius 2 is 2.24 bits per heavy atom. The first kappa shape index (κ1) is 15.4. The molecule has 21 heavy (non-hydrogen) atoms. The number of nitrogens with one attached hydrogen (secondary N) is 1. The molecule has 1 aromatic carbocycles. The highest BCUT2D eigenvalue weighted by Crippen LogP contribution is 2.47. The van der Waals surface area contributed by atoms with Crippen molar-refractivity contribution in [3.63, 3.8) is 0 Å². The van der Waals surface area contributed by atoms with E-state index in [-0.39, 0.29) is 23.6 Å². The molecule has 2 N–H and O–H groups in total. The zero-order chi connectivity index (χ0) is 15.5. The lowest BCUT2D eigenvalue weighted by molar-refractivity contribution is -0.384. The normalized spacial score (nSPS) is 17.0. The molecule has 6 heteroatoms. The van der Waals surface area contributed by atoms with Gasteiger partial charge in [-0.3, -0.25) is 14.9 Å². The van der Waals surface area contributed by atoms with Gasteiger partial charge in [-0.05, 0) is 37.2 Å². The van der Waals surface area contributed by atoms with Gasteiger partial charge in [0.2, 0.25) is 5.91 Å². The Labute approximate surface area is 123 Å². The summed E-state index contributed by atoms with van der Waals surface area (Å²) in [6.07, 6.45) is 2.76. The first-order valence-corrected chi connectivity index (χ1v) is 7.10. The average molecular weight is 292 g/mol. The Morgan fingerprint density at radius 3 is 2.81 bits per heavy atom. The molecule has 1 unspecified atom stereocenters. The van der Waals surface area contributed by atoms with Crippen LogP contribution in [0.4, 0.5) is 5.69 Å². The van der Waals surface area contributed by atoms with Crippen LogP contribution in [0, 0.1) is 15.5 Å². The maximum Gasteiger partial charge on any atom is 0.269 e. The summed E-state index contributed by atoms with van der Waals surface area (Å²) in [7, 11) is 0. The summed E-state index contributed by atoms with van der Waals surface area (Å²) in [5.41, 5.74) is 0.687. The second kappa shape index (κ2) is 6.22. The fourth-order valence-corrected chi connectivity index (χ4v) is 2.42. The van der Waals surface area contributed by atoms with E-state index in [9.17, 15) is 14.9 Å². The summed E-state index contributed by atoms with van der Waals surface area (Å²) in [5.74, 6) is -0.575. The smallest absolute Gasteiger partial charge is 0.269 e. The van der Waals surface area contributed by atoms with Crippen molar-refractivity contribution in [1.82, 2.24) is 5.32 Å². The number of nitro groups is 1. The second-order valence-corrected chi connectivity index (χ2v) is 5.77. The topological polar surface area (TPSA) is 92.5 Å². The van der Waals surface area contributed by atoms with Crippen LogP contribution in [-0.2, 0) is 4.79 Å². The van der Waals surface area contributed by atoms with E-state index >= 15 is 0 Å². The lowest BCUT2D eigenvalue weighted by Crippen LogP contribution is -2.33. The number of amides is 1. The summed E-state index contributed by atoms with van der Waals surface area (Å²) in [6, 6.07) is 6.16. The van der Waals surface area contributed by atoms with E-state index in [0.717, 1.165) is 12.8 Å². The first-order chi connectivity index (χ1) is 9.97. The van der Waals surface area contributed by atoms with Gasteiger partial charge < -0.3 is 10.4 Å². The molecule has 0 heterocycles. The first-order valence-electron chi connectivity index (χ1n) is 7.10. The molecular formula is C15H20N2O4. The van der Waals surface area contributed by atoms with Crippen molar-refractivity contribution in [3.05, 3.63) is 39.9 Å². The summed E-state index contributed by atoms with van der Waals surface area (Å²) in [4.78, 5) is 22.5.